The van der Waals surface area contributed by atoms with E-state index in [0.717, 1.165) is 44.3 Å². The molecule has 0 unspecified atom stereocenters. The Hall–Kier alpha value is -2.05. The van der Waals surface area contributed by atoms with Gasteiger partial charge in [-0.05, 0) is 44.4 Å². The van der Waals surface area contributed by atoms with E-state index < -0.39 is 0 Å². The molecule has 4 rings (SSSR count). The van der Waals surface area contributed by atoms with Crippen molar-refractivity contribution in [3.05, 3.63) is 41.0 Å². The first-order valence-corrected chi connectivity index (χ1v) is 9.57. The minimum atomic E-state index is -0.00601. The highest BCUT2D eigenvalue weighted by molar-refractivity contribution is 6.30. The number of hydrogen-bond acceptors (Lipinski definition) is 4. The van der Waals surface area contributed by atoms with E-state index in [1.54, 1.807) is 0 Å². The van der Waals surface area contributed by atoms with E-state index in [4.69, 9.17) is 16.1 Å². The third kappa shape index (κ3) is 4.02. The van der Waals surface area contributed by atoms with Crippen molar-refractivity contribution in [2.24, 2.45) is 0 Å². The van der Waals surface area contributed by atoms with E-state index in [0.29, 0.717) is 29.1 Å². The Morgan fingerprint density at radius 2 is 2.19 bits per heavy atom. The highest BCUT2D eigenvalue weighted by atomic mass is 35.5. The lowest BCUT2D eigenvalue weighted by atomic mass is 10.1. The lowest BCUT2D eigenvalue weighted by molar-refractivity contribution is 0.155. The Morgan fingerprint density at radius 1 is 1.31 bits per heavy atom. The molecule has 2 heterocycles. The van der Waals surface area contributed by atoms with Crippen molar-refractivity contribution in [3.8, 4) is 11.3 Å². The smallest absolute Gasteiger partial charge is 0.318 e. The Kier molecular flexibility index (Phi) is 5.13. The van der Waals surface area contributed by atoms with Crippen molar-refractivity contribution in [2.75, 3.05) is 13.1 Å². The number of aromatic nitrogens is 1. The van der Waals surface area contributed by atoms with Crippen molar-refractivity contribution < 1.29 is 9.32 Å². The first kappa shape index (κ1) is 17.4. The molecule has 138 valence electrons. The lowest BCUT2D eigenvalue weighted by Crippen LogP contribution is -2.52. The predicted octanol–water partition coefficient (Wildman–Crippen LogP) is 3.42. The number of rotatable bonds is 5. The third-order valence-electron chi connectivity index (χ3n) is 4.93. The fourth-order valence-electron chi connectivity index (χ4n) is 3.48. The molecule has 1 aliphatic heterocycles. The van der Waals surface area contributed by atoms with E-state index in [2.05, 4.69) is 15.8 Å². The van der Waals surface area contributed by atoms with Gasteiger partial charge in [0.15, 0.2) is 5.76 Å². The number of urea groups is 1. The summed E-state index contributed by atoms with van der Waals surface area (Å²) in [5, 5.41) is 11.1. The molecule has 1 saturated carbocycles. The van der Waals surface area contributed by atoms with Gasteiger partial charge < -0.3 is 20.1 Å². The SMILES string of the molecule is O=C(NCc1cc(-c2cccc(Cl)c2)on1)N(C1CC1)[C@@H]1CCCNC1. The molecule has 6 nitrogen and oxygen atoms in total. The number of amides is 2. The number of halogens is 1. The maximum atomic E-state index is 12.7. The maximum Gasteiger partial charge on any atom is 0.318 e. The Morgan fingerprint density at radius 3 is 2.92 bits per heavy atom. The number of nitrogens with zero attached hydrogens (tertiary/aromatic N) is 2. The van der Waals surface area contributed by atoms with Crippen LogP contribution in [0.2, 0.25) is 5.02 Å². The van der Waals surface area contributed by atoms with Crippen LogP contribution in [-0.2, 0) is 6.54 Å². The van der Waals surface area contributed by atoms with E-state index in [-0.39, 0.29) is 12.1 Å². The summed E-state index contributed by atoms with van der Waals surface area (Å²) in [6.45, 7) is 2.28. The van der Waals surface area contributed by atoms with Crippen molar-refractivity contribution in [3.63, 3.8) is 0 Å². The van der Waals surface area contributed by atoms with E-state index in [9.17, 15) is 4.79 Å². The number of nitrogens with one attached hydrogen (secondary N) is 2. The van der Waals surface area contributed by atoms with Gasteiger partial charge in [0.2, 0.25) is 0 Å². The second kappa shape index (κ2) is 7.68. The van der Waals surface area contributed by atoms with Crippen LogP contribution < -0.4 is 10.6 Å². The molecule has 1 aromatic carbocycles. The van der Waals surface area contributed by atoms with Gasteiger partial charge in [-0.3, -0.25) is 0 Å². The minimum Gasteiger partial charge on any atom is -0.356 e. The summed E-state index contributed by atoms with van der Waals surface area (Å²) in [6.07, 6.45) is 4.40. The van der Waals surface area contributed by atoms with Crippen molar-refractivity contribution in [1.29, 1.82) is 0 Å². The molecule has 0 spiro atoms. The summed E-state index contributed by atoms with van der Waals surface area (Å²) in [6, 6.07) is 9.94. The fourth-order valence-corrected chi connectivity index (χ4v) is 3.67. The molecule has 1 atom stereocenters. The topological polar surface area (TPSA) is 70.4 Å². The van der Waals surface area contributed by atoms with Gasteiger partial charge in [-0.1, -0.05) is 28.9 Å². The van der Waals surface area contributed by atoms with Crippen LogP contribution in [0.15, 0.2) is 34.9 Å². The van der Waals surface area contributed by atoms with Gasteiger partial charge in [0, 0.05) is 35.3 Å². The Bertz CT molecular complexity index is 768. The molecular weight excluding hydrogens is 352 g/mol. The molecular formula is C19H23ClN4O2. The molecule has 26 heavy (non-hydrogen) atoms. The van der Waals surface area contributed by atoms with E-state index in [1.165, 1.54) is 0 Å². The highest BCUT2D eigenvalue weighted by Crippen LogP contribution is 2.30. The van der Waals surface area contributed by atoms with Gasteiger partial charge >= 0.3 is 6.03 Å². The molecule has 7 heteroatoms. The van der Waals surface area contributed by atoms with Crippen LogP contribution in [0.1, 0.15) is 31.4 Å². The van der Waals surface area contributed by atoms with Gasteiger partial charge in [-0.25, -0.2) is 4.79 Å². The molecule has 2 fully saturated rings. The van der Waals surface area contributed by atoms with Gasteiger partial charge in [0.05, 0.1) is 6.54 Å². The number of carbonyl (C=O) groups is 1. The van der Waals surface area contributed by atoms with Crippen LogP contribution >= 0.6 is 11.6 Å². The molecule has 2 amide bonds. The molecule has 1 aliphatic carbocycles. The fraction of sp³-hybridized carbons (Fsp3) is 0.474. The van der Waals surface area contributed by atoms with Crippen LogP contribution in [0.5, 0.6) is 0 Å². The van der Waals surface area contributed by atoms with Gasteiger partial charge in [0.25, 0.3) is 0 Å². The van der Waals surface area contributed by atoms with Crippen LogP contribution in [0.3, 0.4) is 0 Å². The van der Waals surface area contributed by atoms with Crippen LogP contribution in [0.4, 0.5) is 4.79 Å². The number of hydrogen-bond donors (Lipinski definition) is 2. The van der Waals surface area contributed by atoms with Crippen molar-refractivity contribution in [2.45, 2.75) is 44.3 Å². The molecule has 0 bridgehead atoms. The molecule has 0 radical (unpaired) electrons. The zero-order chi connectivity index (χ0) is 17.9. The third-order valence-corrected chi connectivity index (χ3v) is 5.16. The first-order valence-electron chi connectivity index (χ1n) is 9.19. The Balaban J connectivity index is 1.38. The van der Waals surface area contributed by atoms with Crippen LogP contribution in [0.25, 0.3) is 11.3 Å². The van der Waals surface area contributed by atoms with Gasteiger partial charge in [-0.2, -0.15) is 0 Å². The second-order valence-corrected chi connectivity index (χ2v) is 7.43. The van der Waals surface area contributed by atoms with Crippen molar-refractivity contribution >= 4 is 17.6 Å². The molecule has 2 N–H and O–H groups in total. The lowest BCUT2D eigenvalue weighted by Gasteiger charge is -2.34. The standard InChI is InChI=1S/C19H23ClN4O2/c20-14-4-1-3-13(9-14)18-10-15(23-26-18)11-22-19(25)24(16-6-7-16)17-5-2-8-21-12-17/h1,3-4,9-10,16-17,21H,2,5-8,11-12H2,(H,22,25)/t17-/m1/s1. The zero-order valence-corrected chi connectivity index (χ0v) is 15.3. The quantitative estimate of drug-likeness (QED) is 0.841. The largest absolute Gasteiger partial charge is 0.356 e. The molecule has 1 aromatic heterocycles. The predicted molar refractivity (Wildman–Crippen MR) is 99.9 cm³/mol. The number of benzene rings is 1. The first-order chi connectivity index (χ1) is 12.7. The zero-order valence-electron chi connectivity index (χ0n) is 14.6. The molecule has 2 aromatic rings. The molecule has 1 saturated heterocycles. The van der Waals surface area contributed by atoms with Gasteiger partial charge in [-0.15, -0.1) is 0 Å². The summed E-state index contributed by atoms with van der Waals surface area (Å²) in [7, 11) is 0. The van der Waals surface area contributed by atoms with Crippen molar-refractivity contribution in [1.82, 2.24) is 20.7 Å². The summed E-state index contributed by atoms with van der Waals surface area (Å²) in [5.74, 6) is 0.646. The van der Waals surface area contributed by atoms with E-state index >= 15 is 0 Å². The monoisotopic (exact) mass is 374 g/mol. The minimum absolute atomic E-state index is 0.00601. The summed E-state index contributed by atoms with van der Waals surface area (Å²) >= 11 is 6.02. The normalized spacial score (nSPS) is 20.0. The maximum absolute atomic E-state index is 12.7. The average Bonchev–Trinajstić information content (AvgIpc) is 3.37. The van der Waals surface area contributed by atoms with Gasteiger partial charge in [0.1, 0.15) is 5.69 Å². The average molecular weight is 375 g/mol. The summed E-state index contributed by atoms with van der Waals surface area (Å²) < 4.78 is 5.39. The highest BCUT2D eigenvalue weighted by Gasteiger charge is 2.37. The Labute approximate surface area is 157 Å². The summed E-state index contributed by atoms with van der Waals surface area (Å²) in [5.41, 5.74) is 1.57. The molecule has 2 aliphatic rings. The second-order valence-electron chi connectivity index (χ2n) is 6.99. The van der Waals surface area contributed by atoms with Crippen LogP contribution in [0, 0.1) is 0 Å². The van der Waals surface area contributed by atoms with Crippen LogP contribution in [-0.4, -0.2) is 41.3 Å². The number of piperidine rings is 1. The summed E-state index contributed by atoms with van der Waals surface area (Å²) in [4.78, 5) is 14.8. The van der Waals surface area contributed by atoms with E-state index in [1.807, 2.05) is 35.2 Å². The number of carbonyl (C=O) groups excluding carboxylic acids is 1.